The van der Waals surface area contributed by atoms with Crippen molar-refractivity contribution in [3.05, 3.63) is 97.6 Å². The molecule has 0 aliphatic carbocycles. The van der Waals surface area contributed by atoms with Crippen LogP contribution in [0.4, 0.5) is 18.9 Å². The molecule has 4 rings (SSSR count). The number of hydrogen-bond donors (Lipinski definition) is 2. The summed E-state index contributed by atoms with van der Waals surface area (Å²) in [5.74, 6) is -0.527. The highest BCUT2D eigenvalue weighted by Gasteiger charge is 2.34. The summed E-state index contributed by atoms with van der Waals surface area (Å²) >= 11 is 3.66. The molecule has 43 heavy (non-hydrogen) atoms. The van der Waals surface area contributed by atoms with Gasteiger partial charge in [-0.1, -0.05) is 35.6 Å². The van der Waals surface area contributed by atoms with Crippen molar-refractivity contribution in [1.29, 1.82) is 0 Å². The maximum Gasteiger partial charge on any atom is 0.416 e. The van der Waals surface area contributed by atoms with E-state index in [0.717, 1.165) is 17.1 Å². The third-order valence-electron chi connectivity index (χ3n) is 6.63. The summed E-state index contributed by atoms with van der Waals surface area (Å²) in [4.78, 5) is 39.5. The molecule has 13 heteroatoms. The van der Waals surface area contributed by atoms with E-state index >= 15 is 0 Å². The van der Waals surface area contributed by atoms with E-state index in [2.05, 4.69) is 21.0 Å². The second kappa shape index (κ2) is 13.0. The van der Waals surface area contributed by atoms with Crippen LogP contribution in [0.15, 0.2) is 71.0 Å². The quantitative estimate of drug-likeness (QED) is 0.228. The second-order valence-corrected chi connectivity index (χ2v) is 12.7. The average Bonchev–Trinajstić information content (AvgIpc) is 3.28. The van der Waals surface area contributed by atoms with Gasteiger partial charge in [0.25, 0.3) is 17.7 Å². The molecule has 3 aromatic carbocycles. The van der Waals surface area contributed by atoms with Crippen molar-refractivity contribution in [3.8, 4) is 0 Å². The van der Waals surface area contributed by atoms with Gasteiger partial charge in [-0.2, -0.15) is 30.0 Å². The number of rotatable bonds is 9. The van der Waals surface area contributed by atoms with Crippen molar-refractivity contribution >= 4 is 57.8 Å². The number of aryl methyl sites for hydroxylation is 1. The van der Waals surface area contributed by atoms with Crippen LogP contribution in [0.5, 0.6) is 0 Å². The van der Waals surface area contributed by atoms with Gasteiger partial charge in [0, 0.05) is 20.5 Å². The third-order valence-corrected chi connectivity index (χ3v) is 8.54. The number of carbonyl (C=O) groups is 3. The number of alkyl halides is 3. The number of benzene rings is 3. The summed E-state index contributed by atoms with van der Waals surface area (Å²) in [6.07, 6.45) is -2.52. The molecular weight excluding hydrogens is 694 g/mol. The van der Waals surface area contributed by atoms with Gasteiger partial charge in [0.1, 0.15) is 0 Å². The number of thioether (sulfide) groups is 1. The summed E-state index contributed by atoms with van der Waals surface area (Å²) in [5.41, 5.74) is 1.52. The molecule has 0 spiro atoms. The number of hydrogen-bond acceptors (Lipinski definition) is 6. The molecule has 0 saturated carbocycles. The first-order valence-electron chi connectivity index (χ1n) is 13.1. The molecule has 0 fully saturated rings. The lowest BCUT2D eigenvalue weighted by Crippen LogP contribution is -2.46. The highest BCUT2D eigenvalue weighted by molar-refractivity contribution is 14.1. The molecular formula is C30H29F3IN5O3S. The molecule has 1 atom stereocenters. The Hall–Kier alpha value is -3.46. The first-order valence-corrected chi connectivity index (χ1v) is 15.6. The third kappa shape index (κ3) is 7.74. The largest absolute Gasteiger partial charge is 0.416 e. The minimum Gasteiger partial charge on any atom is -0.346 e. The number of nitrogens with zero attached hydrogens (tertiary/aromatic N) is 3. The maximum absolute atomic E-state index is 13.3. The summed E-state index contributed by atoms with van der Waals surface area (Å²) < 4.78 is 39.3. The zero-order chi connectivity index (χ0) is 31.5. The van der Waals surface area contributed by atoms with Gasteiger partial charge in [0.2, 0.25) is 0 Å². The van der Waals surface area contributed by atoms with Gasteiger partial charge in [-0.05, 0) is 96.6 Å². The summed E-state index contributed by atoms with van der Waals surface area (Å²) in [6, 6.07) is 13.6. The van der Waals surface area contributed by atoms with Crippen LogP contribution in [-0.2, 0) is 17.5 Å². The molecule has 0 radical (unpaired) electrons. The fourth-order valence-corrected chi connectivity index (χ4v) is 6.10. The van der Waals surface area contributed by atoms with Crippen molar-refractivity contribution in [1.82, 2.24) is 10.3 Å². The Balaban J connectivity index is 1.44. The highest BCUT2D eigenvalue weighted by Crippen LogP contribution is 2.33. The number of halogens is 4. The van der Waals surface area contributed by atoms with E-state index in [-0.39, 0.29) is 18.0 Å². The van der Waals surface area contributed by atoms with Crippen LogP contribution in [0.25, 0.3) is 0 Å². The Morgan fingerprint density at radius 2 is 1.74 bits per heavy atom. The first-order chi connectivity index (χ1) is 20.2. The molecule has 1 heterocycles. The Labute approximate surface area is 265 Å². The van der Waals surface area contributed by atoms with Crippen LogP contribution in [-0.4, -0.2) is 40.3 Å². The fraction of sp³-hybridized carbons (Fsp3) is 0.300. The van der Waals surface area contributed by atoms with Crippen molar-refractivity contribution in [3.63, 3.8) is 0 Å². The first kappa shape index (κ1) is 32.5. The molecule has 2 N–H and O–H groups in total. The standard InChI is InChI=1S/C30H29F3IN5O3S/c1-17-14-18(15-39-28(42)25(37-38-39)19-9-11-20(12-10-19)30(31,32)33)8-13-23(17)35-26(40)21-6-5-7-22(34)24(21)27(41)36-29(2,3)16-43-4/h5-14,25H,15-16H2,1-4H3,(H,35,40)(H,36,41). The van der Waals surface area contributed by atoms with E-state index in [0.29, 0.717) is 37.3 Å². The smallest absolute Gasteiger partial charge is 0.346 e. The van der Waals surface area contributed by atoms with E-state index < -0.39 is 35.1 Å². The topological polar surface area (TPSA) is 103 Å². The molecule has 0 bridgehead atoms. The highest BCUT2D eigenvalue weighted by atomic mass is 127. The Bertz CT molecular complexity index is 1580. The van der Waals surface area contributed by atoms with E-state index in [4.69, 9.17) is 0 Å². The maximum atomic E-state index is 13.3. The minimum absolute atomic E-state index is 0.0849. The second-order valence-electron chi connectivity index (χ2n) is 10.7. The van der Waals surface area contributed by atoms with Crippen molar-refractivity contribution in [2.75, 3.05) is 17.3 Å². The number of nitrogens with one attached hydrogen (secondary N) is 2. The Kier molecular flexibility index (Phi) is 9.84. The van der Waals surface area contributed by atoms with Gasteiger partial charge >= 0.3 is 6.18 Å². The van der Waals surface area contributed by atoms with Gasteiger partial charge in [-0.25, -0.2) is 5.01 Å². The molecule has 1 aliphatic heterocycles. The van der Waals surface area contributed by atoms with Crippen LogP contribution in [0.2, 0.25) is 0 Å². The summed E-state index contributed by atoms with van der Waals surface area (Å²) in [5, 5.41) is 14.9. The molecule has 3 amide bonds. The monoisotopic (exact) mass is 723 g/mol. The lowest BCUT2D eigenvalue weighted by atomic mass is 10.0. The fourth-order valence-electron chi connectivity index (χ4n) is 4.56. The average molecular weight is 724 g/mol. The molecule has 226 valence electrons. The van der Waals surface area contributed by atoms with E-state index in [1.807, 2.05) is 42.7 Å². The SMILES string of the molecule is CSCC(C)(C)NC(=O)c1c(I)cccc1C(=O)Nc1ccc(CN2N=NC(c3ccc(C(F)(F)F)cc3)C2=O)cc1C. The van der Waals surface area contributed by atoms with Gasteiger partial charge in [-0.15, -0.1) is 0 Å². The molecule has 0 saturated heterocycles. The van der Waals surface area contributed by atoms with Crippen LogP contribution in [0.1, 0.15) is 62.9 Å². The summed E-state index contributed by atoms with van der Waals surface area (Å²) in [7, 11) is 0. The van der Waals surface area contributed by atoms with E-state index in [1.54, 1.807) is 55.1 Å². The Morgan fingerprint density at radius 3 is 2.37 bits per heavy atom. The zero-order valence-corrected chi connectivity index (χ0v) is 26.7. The normalized spacial score (nSPS) is 15.1. The van der Waals surface area contributed by atoms with Crippen molar-refractivity contribution in [2.24, 2.45) is 10.3 Å². The predicted molar refractivity (Wildman–Crippen MR) is 168 cm³/mol. The van der Waals surface area contributed by atoms with Gasteiger partial charge < -0.3 is 10.6 Å². The van der Waals surface area contributed by atoms with E-state index in [1.165, 1.54) is 12.1 Å². The molecule has 1 aliphatic rings. The number of amides is 3. The number of anilines is 1. The molecule has 8 nitrogen and oxygen atoms in total. The number of carbonyl (C=O) groups excluding carboxylic acids is 3. The van der Waals surface area contributed by atoms with Gasteiger partial charge in [-0.3, -0.25) is 14.4 Å². The van der Waals surface area contributed by atoms with Crippen molar-refractivity contribution < 1.29 is 27.6 Å². The van der Waals surface area contributed by atoms with Crippen LogP contribution < -0.4 is 10.6 Å². The van der Waals surface area contributed by atoms with Crippen LogP contribution >= 0.6 is 34.4 Å². The summed E-state index contributed by atoms with van der Waals surface area (Å²) in [6.45, 7) is 5.73. The minimum atomic E-state index is -4.48. The Morgan fingerprint density at radius 1 is 1.05 bits per heavy atom. The zero-order valence-electron chi connectivity index (χ0n) is 23.8. The lowest BCUT2D eigenvalue weighted by molar-refractivity contribution is -0.137. The van der Waals surface area contributed by atoms with E-state index in [9.17, 15) is 27.6 Å². The van der Waals surface area contributed by atoms with Crippen LogP contribution in [0.3, 0.4) is 0 Å². The lowest BCUT2D eigenvalue weighted by Gasteiger charge is -2.26. The predicted octanol–water partition coefficient (Wildman–Crippen LogP) is 7.19. The molecule has 0 aromatic heterocycles. The molecule has 3 aromatic rings. The van der Waals surface area contributed by atoms with Crippen molar-refractivity contribution in [2.45, 2.75) is 45.1 Å². The van der Waals surface area contributed by atoms with Gasteiger partial charge in [0.15, 0.2) is 6.04 Å². The van der Waals surface area contributed by atoms with Crippen LogP contribution in [0, 0.1) is 10.5 Å². The molecule has 1 unspecified atom stereocenters. The van der Waals surface area contributed by atoms with Gasteiger partial charge in [0.05, 0.1) is 23.2 Å².